The number of methoxy groups -OCH3 is 1. The summed E-state index contributed by atoms with van der Waals surface area (Å²) < 4.78 is 24.0. The van der Waals surface area contributed by atoms with Crippen molar-refractivity contribution in [3.05, 3.63) is 46.9 Å². The van der Waals surface area contributed by atoms with Crippen molar-refractivity contribution < 1.29 is 18.4 Å². The summed E-state index contributed by atoms with van der Waals surface area (Å²) in [5, 5.41) is 3.83. The van der Waals surface area contributed by atoms with E-state index >= 15 is 0 Å². The van der Waals surface area contributed by atoms with Gasteiger partial charge in [0.05, 0.1) is 12.1 Å². The fraction of sp³-hybridized carbons (Fsp3) is 0.471. The van der Waals surface area contributed by atoms with Gasteiger partial charge in [-0.2, -0.15) is 4.98 Å². The summed E-state index contributed by atoms with van der Waals surface area (Å²) in [7, 11) is 1.57. The number of aromatic nitrogens is 2. The van der Waals surface area contributed by atoms with E-state index < -0.39 is 5.82 Å². The van der Waals surface area contributed by atoms with Gasteiger partial charge >= 0.3 is 0 Å². The summed E-state index contributed by atoms with van der Waals surface area (Å²) in [6, 6.07) is 4.60. The molecule has 0 aliphatic carbocycles. The number of aryl methyl sites for hydroxylation is 1. The first-order chi connectivity index (χ1) is 12.1. The molecule has 134 valence electrons. The van der Waals surface area contributed by atoms with Crippen molar-refractivity contribution in [2.45, 2.75) is 20.1 Å². The smallest absolute Gasteiger partial charge is 0.256 e. The molecule has 25 heavy (non-hydrogen) atoms. The minimum Gasteiger partial charge on any atom is -0.377 e. The van der Waals surface area contributed by atoms with E-state index in [-0.39, 0.29) is 11.5 Å². The quantitative estimate of drug-likeness (QED) is 0.818. The molecular formula is C17H21FN4O3. The van der Waals surface area contributed by atoms with E-state index in [4.69, 9.17) is 9.26 Å². The Morgan fingerprint density at radius 3 is 2.80 bits per heavy atom. The SMILES string of the molecule is COCc1noc(CN2CCN(C(=O)c3cc(C)ccc3F)CC2)n1. The van der Waals surface area contributed by atoms with Crippen LogP contribution in [0.1, 0.15) is 27.6 Å². The standard InChI is InChI=1S/C17H21FN4O3/c1-12-3-4-14(18)13(9-12)17(23)22-7-5-21(6-8-22)10-16-19-15(11-24-2)20-25-16/h3-4,9H,5-8,10-11H2,1-2H3. The number of nitrogens with zero attached hydrogens (tertiary/aromatic N) is 4. The number of carbonyl (C=O) groups is 1. The molecule has 0 N–H and O–H groups in total. The molecule has 1 aromatic carbocycles. The molecule has 0 radical (unpaired) electrons. The maximum atomic E-state index is 13.9. The Morgan fingerprint density at radius 1 is 1.32 bits per heavy atom. The van der Waals surface area contributed by atoms with Crippen LogP contribution in [0.4, 0.5) is 4.39 Å². The highest BCUT2D eigenvalue weighted by atomic mass is 19.1. The minimum absolute atomic E-state index is 0.134. The average Bonchev–Trinajstić information content (AvgIpc) is 3.04. The first-order valence-electron chi connectivity index (χ1n) is 8.15. The second kappa shape index (κ2) is 7.71. The number of benzene rings is 1. The van der Waals surface area contributed by atoms with Crippen molar-refractivity contribution in [3.63, 3.8) is 0 Å². The van der Waals surface area contributed by atoms with Gasteiger partial charge < -0.3 is 14.2 Å². The van der Waals surface area contributed by atoms with E-state index in [9.17, 15) is 9.18 Å². The number of carbonyl (C=O) groups excluding carboxylic acids is 1. The molecule has 8 heteroatoms. The molecule has 0 atom stereocenters. The molecule has 0 spiro atoms. The Balaban J connectivity index is 1.56. The topological polar surface area (TPSA) is 71.7 Å². The predicted octanol–water partition coefficient (Wildman–Crippen LogP) is 1.62. The van der Waals surface area contributed by atoms with Gasteiger partial charge in [0.25, 0.3) is 5.91 Å². The van der Waals surface area contributed by atoms with Gasteiger partial charge in [0.2, 0.25) is 5.89 Å². The molecule has 1 aliphatic heterocycles. The maximum absolute atomic E-state index is 13.9. The molecule has 3 rings (SSSR count). The highest BCUT2D eigenvalue weighted by Gasteiger charge is 2.25. The van der Waals surface area contributed by atoms with E-state index in [0.717, 1.165) is 5.56 Å². The van der Waals surface area contributed by atoms with Crippen molar-refractivity contribution >= 4 is 5.91 Å². The molecule has 7 nitrogen and oxygen atoms in total. The van der Waals surface area contributed by atoms with E-state index in [0.29, 0.717) is 51.0 Å². The lowest BCUT2D eigenvalue weighted by molar-refractivity contribution is 0.0610. The third-order valence-electron chi connectivity index (χ3n) is 4.15. The average molecular weight is 348 g/mol. The minimum atomic E-state index is -0.477. The third-order valence-corrected chi connectivity index (χ3v) is 4.15. The number of halogens is 1. The van der Waals surface area contributed by atoms with Crippen LogP contribution in [0.5, 0.6) is 0 Å². The van der Waals surface area contributed by atoms with Crippen LogP contribution < -0.4 is 0 Å². The van der Waals surface area contributed by atoms with E-state index in [1.165, 1.54) is 6.07 Å². The number of rotatable bonds is 5. The van der Waals surface area contributed by atoms with E-state index in [1.54, 1.807) is 24.1 Å². The Hall–Kier alpha value is -2.32. The molecule has 1 fully saturated rings. The molecule has 0 unspecified atom stereocenters. The normalized spacial score (nSPS) is 15.6. The van der Waals surface area contributed by atoms with Gasteiger partial charge in [-0.25, -0.2) is 4.39 Å². The molecule has 1 aliphatic rings. The fourth-order valence-electron chi connectivity index (χ4n) is 2.82. The fourth-order valence-corrected chi connectivity index (χ4v) is 2.82. The summed E-state index contributed by atoms with van der Waals surface area (Å²) >= 11 is 0. The van der Waals surface area contributed by atoms with Crippen LogP contribution in [-0.4, -0.2) is 59.1 Å². The molecule has 0 saturated carbocycles. The van der Waals surface area contributed by atoms with Crippen molar-refractivity contribution in [1.82, 2.24) is 19.9 Å². The Labute approximate surface area is 145 Å². The molecule has 1 aromatic heterocycles. The first-order valence-corrected chi connectivity index (χ1v) is 8.15. The Kier molecular flexibility index (Phi) is 5.40. The van der Waals surface area contributed by atoms with Gasteiger partial charge in [-0.3, -0.25) is 9.69 Å². The van der Waals surface area contributed by atoms with E-state index in [2.05, 4.69) is 15.0 Å². The number of amides is 1. The predicted molar refractivity (Wildman–Crippen MR) is 87.3 cm³/mol. The molecule has 0 bridgehead atoms. The largest absolute Gasteiger partial charge is 0.377 e. The van der Waals surface area contributed by atoms with Gasteiger partial charge in [-0.1, -0.05) is 16.8 Å². The van der Waals surface area contributed by atoms with Crippen LogP contribution in [0.15, 0.2) is 22.7 Å². The highest BCUT2D eigenvalue weighted by Crippen LogP contribution is 2.15. The van der Waals surface area contributed by atoms with E-state index in [1.807, 2.05) is 6.92 Å². The van der Waals surface area contributed by atoms with Gasteiger partial charge in [0.15, 0.2) is 5.82 Å². The molecule has 2 aromatic rings. The summed E-state index contributed by atoms with van der Waals surface area (Å²) in [5.74, 6) is 0.299. The number of ether oxygens (including phenoxy) is 1. The number of piperazine rings is 1. The van der Waals surface area contributed by atoms with Crippen LogP contribution in [-0.2, 0) is 17.9 Å². The zero-order valence-corrected chi connectivity index (χ0v) is 14.4. The van der Waals surface area contributed by atoms with Crippen LogP contribution in [0, 0.1) is 12.7 Å². The van der Waals surface area contributed by atoms with Crippen LogP contribution in [0.25, 0.3) is 0 Å². The monoisotopic (exact) mass is 348 g/mol. The lowest BCUT2D eigenvalue weighted by Gasteiger charge is -2.34. The lowest BCUT2D eigenvalue weighted by Crippen LogP contribution is -2.48. The van der Waals surface area contributed by atoms with Gasteiger partial charge in [-0.15, -0.1) is 0 Å². The highest BCUT2D eigenvalue weighted by molar-refractivity contribution is 5.94. The maximum Gasteiger partial charge on any atom is 0.256 e. The second-order valence-corrected chi connectivity index (χ2v) is 6.09. The summed E-state index contributed by atoms with van der Waals surface area (Å²) in [6.45, 7) is 5.08. The zero-order valence-electron chi connectivity index (χ0n) is 14.4. The Bertz CT molecular complexity index is 741. The van der Waals surface area contributed by atoms with Crippen LogP contribution in [0.2, 0.25) is 0 Å². The first kappa shape index (κ1) is 17.5. The lowest BCUT2D eigenvalue weighted by atomic mass is 10.1. The summed E-state index contributed by atoms with van der Waals surface area (Å²) in [4.78, 5) is 20.6. The number of hydrogen-bond acceptors (Lipinski definition) is 6. The Morgan fingerprint density at radius 2 is 2.08 bits per heavy atom. The molecular weight excluding hydrogens is 327 g/mol. The number of hydrogen-bond donors (Lipinski definition) is 0. The summed E-state index contributed by atoms with van der Waals surface area (Å²) in [5.41, 5.74) is 1.00. The van der Waals surface area contributed by atoms with Crippen molar-refractivity contribution in [1.29, 1.82) is 0 Å². The molecule has 1 saturated heterocycles. The van der Waals surface area contributed by atoms with Gasteiger partial charge in [0.1, 0.15) is 12.4 Å². The zero-order chi connectivity index (χ0) is 17.8. The summed E-state index contributed by atoms with van der Waals surface area (Å²) in [6.07, 6.45) is 0. The van der Waals surface area contributed by atoms with Crippen LogP contribution in [0.3, 0.4) is 0 Å². The van der Waals surface area contributed by atoms with Crippen molar-refractivity contribution in [2.24, 2.45) is 0 Å². The second-order valence-electron chi connectivity index (χ2n) is 6.09. The van der Waals surface area contributed by atoms with Gasteiger partial charge in [0, 0.05) is 33.3 Å². The molecule has 2 heterocycles. The third kappa shape index (κ3) is 4.21. The van der Waals surface area contributed by atoms with Crippen molar-refractivity contribution in [2.75, 3.05) is 33.3 Å². The molecule has 1 amide bonds. The van der Waals surface area contributed by atoms with Crippen LogP contribution >= 0.6 is 0 Å². The van der Waals surface area contributed by atoms with Crippen molar-refractivity contribution in [3.8, 4) is 0 Å². The van der Waals surface area contributed by atoms with Gasteiger partial charge in [-0.05, 0) is 19.1 Å².